The molecule has 6 rings (SSSR count). The first-order valence-electron chi connectivity index (χ1n) is 13.9. The van der Waals surface area contributed by atoms with E-state index in [0.717, 1.165) is 47.0 Å². The summed E-state index contributed by atoms with van der Waals surface area (Å²) in [7, 11) is 0. The fraction of sp³-hybridized carbons (Fsp3) is 0.281. The molecule has 1 atom stereocenters. The number of pyridine rings is 1. The molecule has 1 N–H and O–H groups in total. The van der Waals surface area contributed by atoms with Crippen molar-refractivity contribution in [2.75, 3.05) is 41.4 Å². The number of thiophene rings is 1. The molecule has 4 heterocycles. The van der Waals surface area contributed by atoms with Gasteiger partial charge >= 0.3 is 0 Å². The van der Waals surface area contributed by atoms with Crippen molar-refractivity contribution in [1.82, 2.24) is 4.98 Å². The summed E-state index contributed by atoms with van der Waals surface area (Å²) in [6.45, 7) is 6.43. The van der Waals surface area contributed by atoms with Gasteiger partial charge in [0, 0.05) is 30.1 Å². The van der Waals surface area contributed by atoms with Gasteiger partial charge in [-0.2, -0.15) is 0 Å². The maximum Gasteiger partial charge on any atom is 0.276 e. The topological polar surface area (TPSA) is 74.8 Å². The Morgan fingerprint density at radius 1 is 1.10 bits per heavy atom. The van der Waals surface area contributed by atoms with E-state index in [-0.39, 0.29) is 23.6 Å². The van der Waals surface area contributed by atoms with Crippen molar-refractivity contribution in [3.8, 4) is 10.4 Å². The summed E-state index contributed by atoms with van der Waals surface area (Å²) in [5.41, 5.74) is 3.88. The van der Waals surface area contributed by atoms with Crippen molar-refractivity contribution < 1.29 is 18.7 Å². The van der Waals surface area contributed by atoms with Crippen molar-refractivity contribution in [1.29, 1.82) is 0 Å². The molecule has 2 aromatic heterocycles. The number of ether oxygens (including phenoxy) is 1. The van der Waals surface area contributed by atoms with Crippen molar-refractivity contribution >= 4 is 40.3 Å². The number of morpholine rings is 1. The Morgan fingerprint density at radius 3 is 2.76 bits per heavy atom. The minimum Gasteiger partial charge on any atom is -0.375 e. The number of carbonyl (C=O) groups excluding carboxylic acids is 2. The smallest absolute Gasteiger partial charge is 0.276 e. The standard InChI is InChI=1S/C32H31FN4O3S/c1-3-22-19-36(16-17-40-22)28-13-7-11-25(34-28)32(39)37-15-14-21-18-27(41-30(21)23-9-4-5-12-26(23)37)31(38)35-29-20(2)8-6-10-24(29)33/h4-13,18,22H,3,14-17,19H2,1-2H3,(H,35,38)/t22-/m0/s1. The number of hydrogen-bond donors (Lipinski definition) is 1. The molecule has 0 aliphatic carbocycles. The number of rotatable bonds is 5. The SMILES string of the molecule is CC[C@H]1CN(c2cccc(C(=O)N3CCc4cc(C(=O)Nc5c(C)cccc5F)sc4-c4ccccc43)n2)CCO1. The number of anilines is 3. The number of amides is 2. The van der Waals surface area contributed by atoms with Crippen LogP contribution in [0.15, 0.2) is 66.7 Å². The molecule has 0 unspecified atom stereocenters. The average molecular weight is 571 g/mol. The summed E-state index contributed by atoms with van der Waals surface area (Å²) in [5.74, 6) is -0.202. The van der Waals surface area contributed by atoms with Gasteiger partial charge in [-0.15, -0.1) is 11.3 Å². The van der Waals surface area contributed by atoms with Gasteiger partial charge in [0.15, 0.2) is 0 Å². The second-order valence-electron chi connectivity index (χ2n) is 10.3. The molecule has 7 nitrogen and oxygen atoms in total. The summed E-state index contributed by atoms with van der Waals surface area (Å²) < 4.78 is 20.2. The van der Waals surface area contributed by atoms with E-state index >= 15 is 0 Å². The van der Waals surface area contributed by atoms with Crippen LogP contribution in [-0.4, -0.2) is 49.1 Å². The highest BCUT2D eigenvalue weighted by atomic mass is 32.1. The molecule has 0 bridgehead atoms. The molecule has 1 fully saturated rings. The number of nitrogens with zero attached hydrogens (tertiary/aromatic N) is 3. The van der Waals surface area contributed by atoms with Crippen molar-refractivity contribution in [3.63, 3.8) is 0 Å². The first kappa shape index (κ1) is 27.1. The number of halogens is 1. The van der Waals surface area contributed by atoms with Gasteiger partial charge in [0.05, 0.1) is 29.0 Å². The zero-order valence-electron chi connectivity index (χ0n) is 23.0. The lowest BCUT2D eigenvalue weighted by Gasteiger charge is -2.33. The Morgan fingerprint density at radius 2 is 1.93 bits per heavy atom. The molecule has 1 saturated heterocycles. The molecule has 9 heteroatoms. The van der Waals surface area contributed by atoms with Crippen LogP contribution in [0.4, 0.5) is 21.6 Å². The molecule has 0 spiro atoms. The predicted molar refractivity (Wildman–Crippen MR) is 161 cm³/mol. The average Bonchev–Trinajstić information content (AvgIpc) is 3.37. The van der Waals surface area contributed by atoms with E-state index in [2.05, 4.69) is 17.1 Å². The van der Waals surface area contributed by atoms with Gasteiger partial charge < -0.3 is 19.9 Å². The number of aryl methyl sites for hydroxylation is 1. The molecular formula is C32H31FN4O3S. The fourth-order valence-electron chi connectivity index (χ4n) is 5.42. The predicted octanol–water partition coefficient (Wildman–Crippen LogP) is 6.33. The van der Waals surface area contributed by atoms with E-state index in [1.54, 1.807) is 30.0 Å². The van der Waals surface area contributed by atoms with Crippen LogP contribution < -0.4 is 15.1 Å². The molecule has 41 heavy (non-hydrogen) atoms. The summed E-state index contributed by atoms with van der Waals surface area (Å²) in [6, 6.07) is 19.9. The van der Waals surface area contributed by atoms with Gasteiger partial charge in [-0.25, -0.2) is 9.37 Å². The highest BCUT2D eigenvalue weighted by molar-refractivity contribution is 7.17. The second kappa shape index (κ2) is 11.4. The maximum absolute atomic E-state index is 14.4. The first-order valence-corrected chi connectivity index (χ1v) is 14.7. The third kappa shape index (κ3) is 5.35. The number of nitrogens with one attached hydrogen (secondary N) is 1. The normalized spacial score (nSPS) is 16.5. The fourth-order valence-corrected chi connectivity index (χ4v) is 6.56. The highest BCUT2D eigenvalue weighted by Crippen LogP contribution is 2.42. The van der Waals surface area contributed by atoms with Crippen LogP contribution in [0.25, 0.3) is 10.4 Å². The number of aromatic nitrogens is 1. The van der Waals surface area contributed by atoms with Gasteiger partial charge in [-0.1, -0.05) is 43.3 Å². The monoisotopic (exact) mass is 570 g/mol. The van der Waals surface area contributed by atoms with Crippen molar-refractivity contribution in [3.05, 3.63) is 94.2 Å². The molecule has 2 aliphatic heterocycles. The Bertz CT molecular complexity index is 1600. The number of para-hydroxylation sites is 2. The Hall–Kier alpha value is -4.08. The van der Waals surface area contributed by atoms with Crippen LogP contribution in [0.5, 0.6) is 0 Å². The quantitative estimate of drug-likeness (QED) is 0.304. The largest absolute Gasteiger partial charge is 0.375 e. The first-order chi connectivity index (χ1) is 19.9. The zero-order chi connectivity index (χ0) is 28.5. The van der Waals surface area contributed by atoms with E-state index in [9.17, 15) is 14.0 Å². The lowest BCUT2D eigenvalue weighted by Crippen LogP contribution is -2.43. The van der Waals surface area contributed by atoms with Crippen LogP contribution in [-0.2, 0) is 11.2 Å². The van der Waals surface area contributed by atoms with Crippen LogP contribution in [0.3, 0.4) is 0 Å². The van der Waals surface area contributed by atoms with Crippen LogP contribution in [0.2, 0.25) is 0 Å². The molecule has 2 aromatic carbocycles. The minimum absolute atomic E-state index is 0.157. The summed E-state index contributed by atoms with van der Waals surface area (Å²) in [5, 5.41) is 2.74. The third-order valence-electron chi connectivity index (χ3n) is 7.65. The highest BCUT2D eigenvalue weighted by Gasteiger charge is 2.29. The van der Waals surface area contributed by atoms with Crippen molar-refractivity contribution in [2.45, 2.75) is 32.8 Å². The molecular weight excluding hydrogens is 539 g/mol. The number of fused-ring (bicyclic) bond motifs is 3. The Kier molecular flexibility index (Phi) is 7.55. The van der Waals surface area contributed by atoms with Gasteiger partial charge in [0.1, 0.15) is 17.3 Å². The van der Waals surface area contributed by atoms with Gasteiger partial charge in [-0.05, 0) is 61.2 Å². The number of benzene rings is 2. The lowest BCUT2D eigenvalue weighted by atomic mass is 10.1. The lowest BCUT2D eigenvalue weighted by molar-refractivity contribution is 0.0381. The zero-order valence-corrected chi connectivity index (χ0v) is 23.8. The number of carbonyl (C=O) groups is 2. The molecule has 0 radical (unpaired) electrons. The van der Waals surface area contributed by atoms with E-state index in [4.69, 9.17) is 9.72 Å². The molecule has 4 aromatic rings. The third-order valence-corrected chi connectivity index (χ3v) is 8.86. The molecule has 2 amide bonds. The second-order valence-corrected chi connectivity index (χ2v) is 11.4. The summed E-state index contributed by atoms with van der Waals surface area (Å²) >= 11 is 1.36. The minimum atomic E-state index is -0.465. The van der Waals surface area contributed by atoms with Gasteiger partial charge in [0.25, 0.3) is 11.8 Å². The maximum atomic E-state index is 14.4. The summed E-state index contributed by atoms with van der Waals surface area (Å²) in [4.78, 5) is 37.2. The number of hydrogen-bond acceptors (Lipinski definition) is 6. The van der Waals surface area contributed by atoms with Crippen molar-refractivity contribution in [2.24, 2.45) is 0 Å². The molecule has 2 aliphatic rings. The molecule has 210 valence electrons. The molecule has 0 saturated carbocycles. The van der Waals surface area contributed by atoms with Crippen LogP contribution in [0.1, 0.15) is 44.6 Å². The van der Waals surface area contributed by atoms with E-state index in [1.807, 2.05) is 42.5 Å². The van der Waals surface area contributed by atoms with Gasteiger partial charge in [0.2, 0.25) is 0 Å². The van der Waals surface area contributed by atoms with Crippen LogP contribution >= 0.6 is 11.3 Å². The van der Waals surface area contributed by atoms with E-state index < -0.39 is 5.82 Å². The van der Waals surface area contributed by atoms with E-state index in [1.165, 1.54) is 17.4 Å². The summed E-state index contributed by atoms with van der Waals surface area (Å²) in [6.07, 6.45) is 1.65. The van der Waals surface area contributed by atoms with E-state index in [0.29, 0.717) is 35.7 Å². The Balaban J connectivity index is 1.28. The van der Waals surface area contributed by atoms with Gasteiger partial charge in [-0.3, -0.25) is 9.59 Å². The van der Waals surface area contributed by atoms with Crippen LogP contribution in [0, 0.1) is 12.7 Å². The Labute approximate surface area is 242 Å².